The number of quaternary nitrogens is 2. The molecular weight excluding hydrogens is 733 g/mol. The van der Waals surface area contributed by atoms with E-state index in [1.807, 2.05) is 12.1 Å². The molecule has 0 atom stereocenters. The Balaban J connectivity index is 0.00000529. The molecule has 0 fully saturated rings. The molecule has 0 aliphatic rings. The molecule has 0 saturated carbocycles. The van der Waals surface area contributed by atoms with Crippen molar-refractivity contribution < 1.29 is 56.9 Å². The Bertz CT molecular complexity index is 1240. The van der Waals surface area contributed by atoms with Crippen LogP contribution in [-0.2, 0) is 17.7 Å². The van der Waals surface area contributed by atoms with Gasteiger partial charge in [0, 0.05) is 49.2 Å². The lowest BCUT2D eigenvalue weighted by Gasteiger charge is -2.37. The first-order valence-corrected chi connectivity index (χ1v) is 17.6. The summed E-state index contributed by atoms with van der Waals surface area (Å²) in [4.78, 5) is 10.7. The van der Waals surface area contributed by atoms with Crippen molar-refractivity contribution in [2.75, 3.05) is 52.4 Å². The number of hydrogen-bond acceptors (Lipinski definition) is 4. The van der Waals surface area contributed by atoms with E-state index in [2.05, 4.69) is 86.4 Å². The van der Waals surface area contributed by atoms with Crippen molar-refractivity contribution in [3.05, 3.63) is 106 Å². The summed E-state index contributed by atoms with van der Waals surface area (Å²) >= 11 is 0. The molecule has 0 radical (unpaired) electrons. The third kappa shape index (κ3) is 13.2. The molecule has 3 aromatic carbocycles. The lowest BCUT2D eigenvalue weighted by Crippen LogP contribution is -3.00. The molecule has 12 heteroatoms. The Morgan fingerprint density at radius 1 is 0.674 bits per heavy atom. The van der Waals surface area contributed by atoms with Crippen LogP contribution in [0.4, 0.5) is 5.69 Å². The fraction of sp³-hybridized carbons (Fsp3) is 0.471. The van der Waals surface area contributed by atoms with Gasteiger partial charge in [0.25, 0.3) is 5.69 Å². The van der Waals surface area contributed by atoms with Crippen LogP contribution >= 0.6 is 7.67 Å². The summed E-state index contributed by atoms with van der Waals surface area (Å²) in [5.41, 5.74) is 2.60. The van der Waals surface area contributed by atoms with Gasteiger partial charge in [-0.05, 0) is 39.8 Å². The molecule has 0 aliphatic heterocycles. The van der Waals surface area contributed by atoms with E-state index in [1.54, 1.807) is 0 Å². The first-order valence-electron chi connectivity index (χ1n) is 16.0. The topological polar surface area (TPSA) is 93.5 Å². The fourth-order valence-electron chi connectivity index (χ4n) is 5.81. The maximum absolute atomic E-state index is 14.1. The Morgan fingerprint density at radius 3 is 1.41 bits per heavy atom. The number of nitro benzene ring substituents is 1. The first-order chi connectivity index (χ1) is 21.2. The Hall–Kier alpha value is -2.11. The van der Waals surface area contributed by atoms with E-state index in [9.17, 15) is 14.7 Å². The average Bonchev–Trinajstić information content (AvgIpc) is 3.05. The number of nitrogens with zero attached hydrogens (tertiary/aromatic N) is 3. The number of halogens is 2. The summed E-state index contributed by atoms with van der Waals surface area (Å²) in [5.74, 6) is 0.326. The number of non-ortho nitro benzene ring substituents is 1. The number of rotatable bonds is 21. The molecule has 0 amide bonds. The molecule has 46 heavy (non-hydrogen) atoms. The van der Waals surface area contributed by atoms with E-state index in [4.69, 9.17) is 4.52 Å². The maximum atomic E-state index is 14.1. The third-order valence-corrected chi connectivity index (χ3v) is 10.7. The zero-order valence-corrected chi connectivity index (χ0v) is 31.8. The quantitative estimate of drug-likeness (QED) is 0.0555. The van der Waals surface area contributed by atoms with E-state index in [0.29, 0.717) is 18.8 Å². The highest BCUT2D eigenvalue weighted by Crippen LogP contribution is 2.39. The highest BCUT2D eigenvalue weighted by molar-refractivity contribution is 7.55. The minimum absolute atomic E-state index is 0. The van der Waals surface area contributed by atoms with Gasteiger partial charge in [-0.2, -0.15) is 0 Å². The number of hydrogen-bond donors (Lipinski definition) is 2. The lowest BCUT2D eigenvalue weighted by molar-refractivity contribution is -0.937. The third-order valence-electron chi connectivity index (χ3n) is 8.94. The Morgan fingerprint density at radius 2 is 1.07 bits per heavy atom. The van der Waals surface area contributed by atoms with Gasteiger partial charge in [0.1, 0.15) is 18.8 Å². The highest BCUT2D eigenvalue weighted by Gasteiger charge is 2.28. The molecular formula is C34H52Br2N5O4P. The summed E-state index contributed by atoms with van der Waals surface area (Å²) in [6, 6.07) is 26.9. The van der Waals surface area contributed by atoms with Crippen LogP contribution in [0, 0.1) is 10.1 Å². The average molecular weight is 786 g/mol. The predicted octanol–water partition coefficient (Wildman–Crippen LogP) is 1.16. The van der Waals surface area contributed by atoms with Gasteiger partial charge in [-0.1, -0.05) is 60.7 Å². The molecule has 0 unspecified atom stereocenters. The van der Waals surface area contributed by atoms with Crippen molar-refractivity contribution in [2.24, 2.45) is 0 Å². The van der Waals surface area contributed by atoms with Crippen molar-refractivity contribution in [3.63, 3.8) is 0 Å². The van der Waals surface area contributed by atoms with Crippen LogP contribution in [0.25, 0.3) is 0 Å². The zero-order valence-electron chi connectivity index (χ0n) is 27.7. The van der Waals surface area contributed by atoms with Crippen LogP contribution in [0.3, 0.4) is 0 Å². The van der Waals surface area contributed by atoms with Crippen LogP contribution < -0.4 is 48.7 Å². The normalized spacial score (nSPS) is 11.7. The maximum Gasteiger partial charge on any atom is 0.390 e. The van der Waals surface area contributed by atoms with E-state index in [-0.39, 0.29) is 39.7 Å². The van der Waals surface area contributed by atoms with Gasteiger partial charge >= 0.3 is 7.67 Å². The molecule has 0 heterocycles. The number of benzene rings is 3. The van der Waals surface area contributed by atoms with Gasteiger partial charge in [0.2, 0.25) is 0 Å². The van der Waals surface area contributed by atoms with Gasteiger partial charge < -0.3 is 47.5 Å². The Kier molecular flexibility index (Phi) is 19.1. The first kappa shape index (κ1) is 41.9. The van der Waals surface area contributed by atoms with E-state index < -0.39 is 12.6 Å². The van der Waals surface area contributed by atoms with Gasteiger partial charge in [-0.3, -0.25) is 10.1 Å². The van der Waals surface area contributed by atoms with Gasteiger partial charge in [-0.15, -0.1) is 0 Å². The van der Waals surface area contributed by atoms with E-state index >= 15 is 0 Å². The summed E-state index contributed by atoms with van der Waals surface area (Å²) in [6.07, 6.45) is 1.65. The minimum Gasteiger partial charge on any atom is -1.00 e. The van der Waals surface area contributed by atoms with Gasteiger partial charge in [0.15, 0.2) is 0 Å². The number of nitro groups is 1. The molecule has 0 bridgehead atoms. The van der Waals surface area contributed by atoms with Gasteiger partial charge in [-0.25, -0.2) is 14.7 Å². The van der Waals surface area contributed by atoms with Crippen LogP contribution in [-0.4, -0.2) is 66.2 Å². The smallest absolute Gasteiger partial charge is 0.390 e. The standard InChI is InChI=1S/C34H52N5O4P.2BrH/c1-5-38(6-2,29-31-17-11-9-12-18-31)27-15-25-35-44(42,43-34-23-21-33(22-24-34)37(40)41)36-26-16-28-39(7-3,8-4)30-32-19-13-10-14-20-32;;/h9-14,17-24H,5-8,15-16,25-30H2,1-4H3,(H2,35,36,42);2*1H/q+2;;/p-2. The van der Waals surface area contributed by atoms with Crippen LogP contribution in [0.2, 0.25) is 0 Å². The largest absolute Gasteiger partial charge is 1.00 e. The monoisotopic (exact) mass is 783 g/mol. The molecule has 9 nitrogen and oxygen atoms in total. The molecule has 0 saturated heterocycles. The van der Waals surface area contributed by atoms with Crippen molar-refractivity contribution in [1.82, 2.24) is 10.2 Å². The Labute approximate surface area is 297 Å². The molecule has 3 aromatic rings. The summed E-state index contributed by atoms with van der Waals surface area (Å²) in [6.45, 7) is 17.8. The van der Waals surface area contributed by atoms with Gasteiger partial charge in [0.05, 0.1) is 44.2 Å². The second-order valence-electron chi connectivity index (χ2n) is 11.6. The molecule has 0 aliphatic carbocycles. The van der Waals surface area contributed by atoms with Crippen molar-refractivity contribution in [3.8, 4) is 5.75 Å². The molecule has 0 aromatic heterocycles. The molecule has 0 spiro atoms. The van der Waals surface area contributed by atoms with E-state index in [0.717, 1.165) is 74.2 Å². The zero-order chi connectivity index (χ0) is 31.9. The number of nitrogens with one attached hydrogen (secondary N) is 2. The van der Waals surface area contributed by atoms with Crippen LogP contribution in [0.15, 0.2) is 84.9 Å². The van der Waals surface area contributed by atoms with Crippen LogP contribution in [0.1, 0.15) is 51.7 Å². The summed E-state index contributed by atoms with van der Waals surface area (Å²) in [7, 11) is -3.49. The van der Waals surface area contributed by atoms with Crippen molar-refractivity contribution in [1.29, 1.82) is 0 Å². The SMILES string of the molecule is CC[N+](CC)(CCCNP(=O)(NCCC[N+](CC)(CC)Cc1ccccc1)Oc1ccc([N+](=O)[O-])cc1)Cc1ccccc1.[Br-].[Br-]. The lowest BCUT2D eigenvalue weighted by atomic mass is 10.1. The second-order valence-corrected chi connectivity index (χ2v) is 13.5. The van der Waals surface area contributed by atoms with Crippen LogP contribution in [0.5, 0.6) is 5.75 Å². The van der Waals surface area contributed by atoms with Crippen molar-refractivity contribution >= 4 is 13.4 Å². The van der Waals surface area contributed by atoms with Crippen molar-refractivity contribution in [2.45, 2.75) is 53.6 Å². The molecule has 256 valence electrons. The summed E-state index contributed by atoms with van der Waals surface area (Å²) in [5, 5.41) is 17.5. The predicted molar refractivity (Wildman–Crippen MR) is 179 cm³/mol. The van der Waals surface area contributed by atoms with E-state index in [1.165, 1.54) is 35.4 Å². The fourth-order valence-corrected chi connectivity index (χ4v) is 7.37. The molecule has 2 N–H and O–H groups in total. The minimum atomic E-state index is -3.49. The summed E-state index contributed by atoms with van der Waals surface area (Å²) < 4.78 is 22.0. The second kappa shape index (κ2) is 21.0. The molecule has 3 rings (SSSR count). The highest BCUT2D eigenvalue weighted by atomic mass is 79.9.